The fraction of sp³-hybridized carbons (Fsp3) is 0.867. The molecule has 2 atom stereocenters. The Bertz CT molecular complexity index is 416. The molecule has 2 unspecified atom stereocenters. The van der Waals surface area contributed by atoms with E-state index in [0.717, 1.165) is 31.4 Å². The first-order valence-electron chi connectivity index (χ1n) is 8.16. The Hall–Kier alpha value is -1.30. The zero-order chi connectivity index (χ0) is 14.8. The van der Waals surface area contributed by atoms with Crippen molar-refractivity contribution >= 4 is 11.9 Å². The zero-order valence-electron chi connectivity index (χ0n) is 13.1. The van der Waals surface area contributed by atoms with Gasteiger partial charge in [0.1, 0.15) is 0 Å². The summed E-state index contributed by atoms with van der Waals surface area (Å²) < 4.78 is 0. The Morgan fingerprint density at radius 2 is 1.95 bits per heavy atom. The highest BCUT2D eigenvalue weighted by Crippen LogP contribution is 2.31. The first-order chi connectivity index (χ1) is 10.2. The Morgan fingerprint density at radius 3 is 2.57 bits per heavy atom. The molecule has 1 heterocycles. The number of amides is 1. The number of rotatable bonds is 5. The molecule has 3 rings (SSSR count). The molecule has 0 spiro atoms. The average molecular weight is 293 g/mol. The molecule has 6 nitrogen and oxygen atoms in total. The van der Waals surface area contributed by atoms with Crippen LogP contribution in [0.3, 0.4) is 0 Å². The fourth-order valence-corrected chi connectivity index (χ4v) is 2.97. The number of nitrogens with one attached hydrogen (secondary N) is 3. The van der Waals surface area contributed by atoms with Crippen LogP contribution in [0.5, 0.6) is 0 Å². The summed E-state index contributed by atoms with van der Waals surface area (Å²) in [6, 6.07) is 1.65. The molecule has 2 aliphatic carbocycles. The number of hydrogen-bond donors (Lipinski definition) is 3. The van der Waals surface area contributed by atoms with Gasteiger partial charge < -0.3 is 16.0 Å². The summed E-state index contributed by atoms with van der Waals surface area (Å²) in [5.74, 6) is 1.40. The van der Waals surface area contributed by atoms with Gasteiger partial charge in [-0.3, -0.25) is 14.7 Å². The second-order valence-electron chi connectivity index (χ2n) is 6.68. The lowest BCUT2D eigenvalue weighted by atomic mass is 10.1. The molecule has 118 valence electrons. The predicted octanol–water partition coefficient (Wildman–Crippen LogP) is -0.0873. The molecular weight excluding hydrogens is 266 g/mol. The maximum Gasteiger partial charge on any atom is 0.239 e. The van der Waals surface area contributed by atoms with Crippen molar-refractivity contribution < 1.29 is 4.79 Å². The smallest absolute Gasteiger partial charge is 0.239 e. The monoisotopic (exact) mass is 293 g/mol. The number of likely N-dealkylation sites (tertiary alicyclic amines) is 1. The van der Waals surface area contributed by atoms with Crippen molar-refractivity contribution in [1.29, 1.82) is 0 Å². The summed E-state index contributed by atoms with van der Waals surface area (Å²) in [5.41, 5.74) is 0. The third kappa shape index (κ3) is 4.09. The van der Waals surface area contributed by atoms with Crippen LogP contribution in [0.1, 0.15) is 32.6 Å². The van der Waals surface area contributed by atoms with Crippen molar-refractivity contribution in [1.82, 2.24) is 20.9 Å². The van der Waals surface area contributed by atoms with E-state index in [1.54, 1.807) is 7.05 Å². The van der Waals surface area contributed by atoms with Crippen LogP contribution < -0.4 is 16.0 Å². The van der Waals surface area contributed by atoms with Gasteiger partial charge >= 0.3 is 0 Å². The van der Waals surface area contributed by atoms with Gasteiger partial charge in [0.15, 0.2) is 5.96 Å². The van der Waals surface area contributed by atoms with Gasteiger partial charge in [0, 0.05) is 38.3 Å². The first kappa shape index (κ1) is 14.6. The van der Waals surface area contributed by atoms with Gasteiger partial charge in [-0.25, -0.2) is 0 Å². The molecule has 0 aromatic rings. The van der Waals surface area contributed by atoms with Gasteiger partial charge in [0.05, 0.1) is 6.54 Å². The van der Waals surface area contributed by atoms with Gasteiger partial charge in [-0.2, -0.15) is 0 Å². The molecule has 0 aromatic carbocycles. The van der Waals surface area contributed by atoms with Crippen LogP contribution in [0, 0.1) is 5.92 Å². The minimum atomic E-state index is 0.0551. The topological polar surface area (TPSA) is 68.8 Å². The SMILES string of the molecule is CN=C(NCC(=O)NC1CC1)NC1CN(C2CC2)CC1C. The van der Waals surface area contributed by atoms with Gasteiger partial charge in [0.25, 0.3) is 0 Å². The molecule has 0 bridgehead atoms. The van der Waals surface area contributed by atoms with Crippen molar-refractivity contribution in [2.75, 3.05) is 26.7 Å². The van der Waals surface area contributed by atoms with Crippen molar-refractivity contribution in [2.24, 2.45) is 10.9 Å². The van der Waals surface area contributed by atoms with Crippen LogP contribution in [0.4, 0.5) is 0 Å². The molecule has 1 saturated heterocycles. The molecule has 0 aromatic heterocycles. The van der Waals surface area contributed by atoms with E-state index in [1.807, 2.05) is 0 Å². The van der Waals surface area contributed by atoms with Crippen LogP contribution in [-0.4, -0.2) is 61.6 Å². The number of carbonyl (C=O) groups is 1. The quantitative estimate of drug-likeness (QED) is 0.490. The molecule has 1 aliphatic heterocycles. The van der Waals surface area contributed by atoms with E-state index in [4.69, 9.17) is 0 Å². The Balaban J connectivity index is 1.42. The predicted molar refractivity (Wildman–Crippen MR) is 83.2 cm³/mol. The molecule has 21 heavy (non-hydrogen) atoms. The summed E-state index contributed by atoms with van der Waals surface area (Å²) in [6.07, 6.45) is 4.95. The summed E-state index contributed by atoms with van der Waals surface area (Å²) in [5, 5.41) is 9.56. The molecule has 2 saturated carbocycles. The van der Waals surface area contributed by atoms with Crippen molar-refractivity contribution in [3.8, 4) is 0 Å². The maximum absolute atomic E-state index is 11.7. The lowest BCUT2D eigenvalue weighted by Gasteiger charge is -2.20. The minimum Gasteiger partial charge on any atom is -0.352 e. The van der Waals surface area contributed by atoms with Gasteiger partial charge in [-0.05, 0) is 31.6 Å². The van der Waals surface area contributed by atoms with E-state index in [0.29, 0.717) is 24.5 Å². The lowest BCUT2D eigenvalue weighted by molar-refractivity contribution is -0.120. The fourth-order valence-electron chi connectivity index (χ4n) is 2.97. The van der Waals surface area contributed by atoms with E-state index in [9.17, 15) is 4.79 Å². The van der Waals surface area contributed by atoms with Crippen LogP contribution in [0.15, 0.2) is 4.99 Å². The summed E-state index contributed by atoms with van der Waals surface area (Å²) in [7, 11) is 1.76. The van der Waals surface area contributed by atoms with E-state index in [1.165, 1.54) is 19.4 Å². The Labute approximate surface area is 126 Å². The van der Waals surface area contributed by atoms with Gasteiger partial charge in [0.2, 0.25) is 5.91 Å². The van der Waals surface area contributed by atoms with Crippen molar-refractivity contribution in [2.45, 2.75) is 50.7 Å². The molecule has 6 heteroatoms. The molecule has 1 amide bonds. The van der Waals surface area contributed by atoms with E-state index >= 15 is 0 Å². The van der Waals surface area contributed by atoms with E-state index < -0.39 is 0 Å². The molecule has 3 N–H and O–H groups in total. The molecule has 3 aliphatic rings. The summed E-state index contributed by atoms with van der Waals surface area (Å²) in [4.78, 5) is 18.5. The van der Waals surface area contributed by atoms with Crippen molar-refractivity contribution in [3.63, 3.8) is 0 Å². The standard InChI is InChI=1S/C15H27N5O/c1-10-8-20(12-5-6-12)9-13(10)19-15(16-2)17-7-14(21)18-11-3-4-11/h10-13H,3-9H2,1-2H3,(H,18,21)(H2,16,17,19). The highest BCUT2D eigenvalue weighted by molar-refractivity contribution is 5.86. The van der Waals surface area contributed by atoms with Crippen LogP contribution in [-0.2, 0) is 4.79 Å². The normalized spacial score (nSPS) is 30.3. The van der Waals surface area contributed by atoms with Crippen LogP contribution in [0.2, 0.25) is 0 Å². The largest absolute Gasteiger partial charge is 0.352 e. The highest BCUT2D eigenvalue weighted by atomic mass is 16.2. The second kappa shape index (κ2) is 6.22. The first-order valence-corrected chi connectivity index (χ1v) is 8.16. The molecular formula is C15H27N5O. The number of carbonyl (C=O) groups excluding carboxylic acids is 1. The molecule has 0 radical (unpaired) electrons. The second-order valence-corrected chi connectivity index (χ2v) is 6.68. The highest BCUT2D eigenvalue weighted by Gasteiger charge is 2.38. The third-order valence-electron chi connectivity index (χ3n) is 4.61. The van der Waals surface area contributed by atoms with Gasteiger partial charge in [-0.15, -0.1) is 0 Å². The Kier molecular flexibility index (Phi) is 4.33. The maximum atomic E-state index is 11.7. The number of guanidine groups is 1. The lowest BCUT2D eigenvalue weighted by Crippen LogP contribution is -2.49. The number of hydrogen-bond acceptors (Lipinski definition) is 3. The Morgan fingerprint density at radius 1 is 1.19 bits per heavy atom. The minimum absolute atomic E-state index is 0.0551. The average Bonchev–Trinajstić information content (AvgIpc) is 3.35. The van der Waals surface area contributed by atoms with Crippen LogP contribution >= 0.6 is 0 Å². The summed E-state index contributed by atoms with van der Waals surface area (Å²) in [6.45, 7) is 4.83. The van der Waals surface area contributed by atoms with E-state index in [-0.39, 0.29) is 5.91 Å². The number of nitrogens with zero attached hydrogens (tertiary/aromatic N) is 2. The summed E-state index contributed by atoms with van der Waals surface area (Å²) >= 11 is 0. The third-order valence-corrected chi connectivity index (χ3v) is 4.61. The van der Waals surface area contributed by atoms with Gasteiger partial charge in [-0.1, -0.05) is 6.92 Å². The van der Waals surface area contributed by atoms with E-state index in [2.05, 4.69) is 32.8 Å². The van der Waals surface area contributed by atoms with Crippen molar-refractivity contribution in [3.05, 3.63) is 0 Å². The molecule has 3 fully saturated rings. The zero-order valence-corrected chi connectivity index (χ0v) is 13.1. The number of aliphatic imine (C=N–C) groups is 1. The van der Waals surface area contributed by atoms with Crippen LogP contribution in [0.25, 0.3) is 0 Å².